The molecule has 1 heterocycles. The zero-order valence-corrected chi connectivity index (χ0v) is 15.9. The molecular formula is C10H12BrN2O7P3. The minimum absolute atomic E-state index is 0.0568. The molecule has 2 unspecified atom stereocenters. The van der Waals surface area contributed by atoms with Gasteiger partial charge in [-0.25, -0.2) is 13.4 Å². The van der Waals surface area contributed by atoms with Crippen molar-refractivity contribution in [3.63, 3.8) is 0 Å². The molecule has 0 bridgehead atoms. The van der Waals surface area contributed by atoms with Crippen molar-refractivity contribution in [1.29, 1.82) is 0 Å². The molecule has 0 saturated heterocycles. The molecule has 126 valence electrons. The molecule has 2 atom stereocenters. The van der Waals surface area contributed by atoms with Crippen LogP contribution in [-0.4, -0.2) is 28.3 Å². The van der Waals surface area contributed by atoms with Crippen LogP contribution in [0.25, 0.3) is 0 Å². The van der Waals surface area contributed by atoms with Crippen molar-refractivity contribution in [2.75, 3.05) is 6.16 Å². The molecule has 1 aromatic heterocycles. The van der Waals surface area contributed by atoms with Crippen molar-refractivity contribution in [3.05, 3.63) is 43.7 Å². The van der Waals surface area contributed by atoms with Gasteiger partial charge in [0.1, 0.15) is 0 Å². The maximum Gasteiger partial charge on any atom is 0.354 e. The second-order valence-corrected chi connectivity index (χ2v) is 9.06. The summed E-state index contributed by atoms with van der Waals surface area (Å²) in [5, 5.41) is 0. The molecule has 9 nitrogen and oxygen atoms in total. The van der Waals surface area contributed by atoms with Crippen LogP contribution in [0.4, 0.5) is 0 Å². The first kappa shape index (κ1) is 20.0. The maximum absolute atomic E-state index is 12.1. The number of halogens is 1. The van der Waals surface area contributed by atoms with Gasteiger partial charge in [0.05, 0.1) is 10.6 Å². The van der Waals surface area contributed by atoms with E-state index in [4.69, 9.17) is 0 Å². The number of hydrogen-bond acceptors (Lipinski definition) is 7. The number of rotatable bonds is 8. The van der Waals surface area contributed by atoms with Crippen LogP contribution in [-0.2, 0) is 28.9 Å². The van der Waals surface area contributed by atoms with Crippen molar-refractivity contribution in [3.8, 4) is 0 Å². The third-order valence-electron chi connectivity index (χ3n) is 2.20. The second kappa shape index (κ2) is 8.73. The lowest BCUT2D eigenvalue weighted by atomic mass is 10.5. The van der Waals surface area contributed by atoms with Gasteiger partial charge in [-0.2, -0.15) is 0 Å². The van der Waals surface area contributed by atoms with Gasteiger partial charge in [-0.15, -0.1) is 0 Å². The predicted octanol–water partition coefficient (Wildman–Crippen LogP) is 2.43. The largest absolute Gasteiger partial charge is 0.354 e. The van der Waals surface area contributed by atoms with E-state index in [-0.39, 0.29) is 17.2 Å². The van der Waals surface area contributed by atoms with Gasteiger partial charge in [0.25, 0.3) is 5.56 Å². The van der Waals surface area contributed by atoms with Gasteiger partial charge in [0.2, 0.25) is 15.3 Å². The summed E-state index contributed by atoms with van der Waals surface area (Å²) in [6.07, 6.45) is 9.83. The summed E-state index contributed by atoms with van der Waals surface area (Å²) >= 11 is 2.98. The summed E-state index contributed by atoms with van der Waals surface area (Å²) < 4.78 is 44.6. The first-order valence-corrected chi connectivity index (χ1v) is 11.1. The number of aromatic amines is 1. The Morgan fingerprint density at radius 3 is 2.35 bits per heavy atom. The van der Waals surface area contributed by atoms with Gasteiger partial charge in [-0.1, -0.05) is 12.2 Å². The molecule has 23 heavy (non-hydrogen) atoms. The highest BCUT2D eigenvalue weighted by Crippen LogP contribution is 2.56. The van der Waals surface area contributed by atoms with Crippen LogP contribution in [0.5, 0.6) is 0 Å². The van der Waals surface area contributed by atoms with Crippen molar-refractivity contribution >= 4 is 51.4 Å². The standard InChI is InChI=1S/C10H12BrN2O7P3/c1-21(16)19-23(18,20-22(2)17)6-4-3-5-13-7-8(11)9(14)12-10(13)15/h3-4,7H,1-2,5-6H2,(H,12,14,15)/b4-3+. The molecule has 13 heteroatoms. The molecule has 1 N–H and O–H groups in total. The fourth-order valence-electron chi connectivity index (χ4n) is 1.37. The molecule has 0 aliphatic heterocycles. The molecule has 0 aromatic carbocycles. The Morgan fingerprint density at radius 2 is 1.83 bits per heavy atom. The number of allylic oxidation sites excluding steroid dienone is 2. The van der Waals surface area contributed by atoms with Gasteiger partial charge in [-0.05, 0) is 28.5 Å². The Bertz CT molecular complexity index is 866. The molecule has 1 rings (SSSR count). The Hall–Kier alpha value is -1.01. The Balaban J connectivity index is 2.84. The summed E-state index contributed by atoms with van der Waals surface area (Å²) in [6.45, 7) is 0.0568. The minimum Gasteiger partial charge on any atom is -0.296 e. The summed E-state index contributed by atoms with van der Waals surface area (Å²) in [7, 11) is -8.87. The van der Waals surface area contributed by atoms with E-state index < -0.39 is 34.1 Å². The number of aromatic nitrogens is 2. The molecule has 0 amide bonds. The molecule has 0 spiro atoms. The van der Waals surface area contributed by atoms with E-state index in [2.05, 4.69) is 42.1 Å². The molecule has 0 fully saturated rings. The monoisotopic (exact) mass is 444 g/mol. The molecule has 0 saturated carbocycles. The van der Waals surface area contributed by atoms with Crippen molar-refractivity contribution in [2.45, 2.75) is 6.54 Å². The van der Waals surface area contributed by atoms with Gasteiger partial charge < -0.3 is 0 Å². The second-order valence-electron chi connectivity index (χ2n) is 3.98. The zero-order valence-electron chi connectivity index (χ0n) is 11.6. The predicted molar refractivity (Wildman–Crippen MR) is 92.3 cm³/mol. The highest BCUT2D eigenvalue weighted by molar-refractivity contribution is 9.10. The summed E-state index contributed by atoms with van der Waals surface area (Å²) in [5.41, 5.74) is -1.18. The van der Waals surface area contributed by atoms with E-state index in [9.17, 15) is 23.3 Å². The number of nitrogens with one attached hydrogen (secondary N) is 1. The van der Waals surface area contributed by atoms with Crippen molar-refractivity contribution < 1.29 is 22.3 Å². The maximum atomic E-state index is 12.1. The fraction of sp³-hybridized carbons (Fsp3) is 0.200. The molecule has 0 aliphatic carbocycles. The third-order valence-corrected chi connectivity index (χ3v) is 6.87. The lowest BCUT2D eigenvalue weighted by molar-refractivity contribution is 0.404. The van der Waals surface area contributed by atoms with E-state index >= 15 is 0 Å². The number of H-pyrrole nitrogens is 1. The Labute approximate surface area is 140 Å². The lowest BCUT2D eigenvalue weighted by Crippen LogP contribution is -2.29. The van der Waals surface area contributed by atoms with Crippen LogP contribution in [0.15, 0.2) is 32.4 Å². The lowest BCUT2D eigenvalue weighted by Gasteiger charge is -2.09. The number of nitrogens with zero attached hydrogens (tertiary/aromatic N) is 1. The van der Waals surface area contributed by atoms with Crippen LogP contribution in [0.3, 0.4) is 0 Å². The average molecular weight is 445 g/mol. The van der Waals surface area contributed by atoms with Crippen LogP contribution in [0, 0.1) is 0 Å². The smallest absolute Gasteiger partial charge is 0.296 e. The van der Waals surface area contributed by atoms with E-state index in [1.54, 1.807) is 0 Å². The highest BCUT2D eigenvalue weighted by Gasteiger charge is 2.25. The van der Waals surface area contributed by atoms with Crippen molar-refractivity contribution in [2.24, 2.45) is 0 Å². The highest BCUT2D eigenvalue weighted by atomic mass is 79.9. The first-order valence-electron chi connectivity index (χ1n) is 5.81. The quantitative estimate of drug-likeness (QED) is 0.482. The number of hydrogen-bond donors (Lipinski definition) is 1. The van der Waals surface area contributed by atoms with E-state index in [0.29, 0.717) is 0 Å². The molecular weight excluding hydrogens is 433 g/mol. The average Bonchev–Trinajstić information content (AvgIpc) is 2.38. The SMILES string of the molecule is C=P(=O)OP(=O)(C/C=C/Cn1cc(Br)c(=O)[nH]c1=O)OP(=C)=O. The topological polar surface area (TPSA) is 125 Å². The van der Waals surface area contributed by atoms with Gasteiger partial charge in [0.15, 0.2) is 0 Å². The molecule has 0 aliphatic rings. The Kier molecular flexibility index (Phi) is 7.61. The van der Waals surface area contributed by atoms with Gasteiger partial charge in [-0.3, -0.25) is 28.0 Å². The van der Waals surface area contributed by atoms with Gasteiger partial charge >= 0.3 is 13.3 Å². The first-order chi connectivity index (χ1) is 10.6. The molecule has 1 aromatic rings. The van der Waals surface area contributed by atoms with Crippen LogP contribution < -0.4 is 11.2 Å². The fourth-order valence-corrected chi connectivity index (χ4v) is 5.26. The third kappa shape index (κ3) is 6.96. The summed E-state index contributed by atoms with van der Waals surface area (Å²) in [5.74, 6) is 0. The zero-order chi connectivity index (χ0) is 17.6. The Morgan fingerprint density at radius 1 is 1.26 bits per heavy atom. The van der Waals surface area contributed by atoms with E-state index in [1.807, 2.05) is 0 Å². The van der Waals surface area contributed by atoms with Crippen LogP contribution >= 0.6 is 38.8 Å². The minimum atomic E-state index is -3.92. The van der Waals surface area contributed by atoms with Crippen molar-refractivity contribution in [1.82, 2.24) is 9.55 Å². The van der Waals surface area contributed by atoms with Crippen LogP contribution in [0.2, 0.25) is 0 Å². The van der Waals surface area contributed by atoms with E-state index in [0.717, 1.165) is 0 Å². The summed E-state index contributed by atoms with van der Waals surface area (Å²) in [4.78, 5) is 24.8. The summed E-state index contributed by atoms with van der Waals surface area (Å²) in [6, 6.07) is 0. The van der Waals surface area contributed by atoms with Gasteiger partial charge in [0, 0.05) is 12.7 Å². The normalized spacial score (nSPS) is 15.3. The molecule has 0 radical (unpaired) electrons. The van der Waals surface area contributed by atoms with Crippen LogP contribution in [0.1, 0.15) is 0 Å². The van der Waals surface area contributed by atoms with E-state index in [1.165, 1.54) is 22.9 Å².